The maximum absolute atomic E-state index is 11.1. The standard InChI is InChI=1S/C19H19NO2/c21-19(22)12-17-13-20-9-8-16-7-6-15(11-18(16)17)10-14-4-2-1-3-5-14/h1-7,11,13,16H,8-10,12H2,(H,21,22). The summed E-state index contributed by atoms with van der Waals surface area (Å²) in [5.74, 6) is -0.515. The van der Waals surface area contributed by atoms with Crippen molar-refractivity contribution in [3.8, 4) is 0 Å². The van der Waals surface area contributed by atoms with E-state index >= 15 is 0 Å². The van der Waals surface area contributed by atoms with Crippen molar-refractivity contribution in [2.75, 3.05) is 6.54 Å². The number of carbonyl (C=O) groups is 1. The van der Waals surface area contributed by atoms with E-state index in [1.165, 1.54) is 11.1 Å². The minimum absolute atomic E-state index is 0.0400. The molecule has 0 saturated carbocycles. The number of aliphatic imine (C=N–C) groups is 1. The quantitative estimate of drug-likeness (QED) is 0.922. The van der Waals surface area contributed by atoms with Crippen LogP contribution in [0.2, 0.25) is 0 Å². The van der Waals surface area contributed by atoms with Crippen molar-refractivity contribution in [1.29, 1.82) is 0 Å². The van der Waals surface area contributed by atoms with Crippen molar-refractivity contribution in [3.63, 3.8) is 0 Å². The van der Waals surface area contributed by atoms with Gasteiger partial charge in [-0.2, -0.15) is 0 Å². The van der Waals surface area contributed by atoms with Gasteiger partial charge < -0.3 is 5.11 Å². The van der Waals surface area contributed by atoms with Gasteiger partial charge in [-0.3, -0.25) is 9.79 Å². The highest BCUT2D eigenvalue weighted by atomic mass is 16.4. The molecule has 1 aromatic rings. The molecule has 3 nitrogen and oxygen atoms in total. The Morgan fingerprint density at radius 1 is 1.27 bits per heavy atom. The van der Waals surface area contributed by atoms with Gasteiger partial charge in [-0.1, -0.05) is 48.6 Å². The van der Waals surface area contributed by atoms with E-state index in [-0.39, 0.29) is 12.3 Å². The zero-order valence-electron chi connectivity index (χ0n) is 12.4. The maximum Gasteiger partial charge on any atom is 0.307 e. The van der Waals surface area contributed by atoms with Crippen molar-refractivity contribution in [1.82, 2.24) is 0 Å². The van der Waals surface area contributed by atoms with Crippen LogP contribution in [0.3, 0.4) is 0 Å². The van der Waals surface area contributed by atoms with Crippen molar-refractivity contribution in [2.45, 2.75) is 19.3 Å². The first-order valence-electron chi connectivity index (χ1n) is 7.60. The third-order valence-corrected chi connectivity index (χ3v) is 4.06. The molecule has 0 amide bonds. The lowest BCUT2D eigenvalue weighted by molar-refractivity contribution is -0.136. The Hall–Kier alpha value is -2.42. The van der Waals surface area contributed by atoms with Gasteiger partial charge in [0.25, 0.3) is 0 Å². The van der Waals surface area contributed by atoms with E-state index in [1.807, 2.05) is 18.2 Å². The molecule has 1 aliphatic carbocycles. The Labute approximate surface area is 130 Å². The topological polar surface area (TPSA) is 49.7 Å². The summed E-state index contributed by atoms with van der Waals surface area (Å²) in [5, 5.41) is 9.11. The van der Waals surface area contributed by atoms with E-state index in [9.17, 15) is 4.79 Å². The summed E-state index contributed by atoms with van der Waals surface area (Å²) in [5.41, 5.74) is 4.44. The number of aliphatic carboxylic acids is 1. The Balaban J connectivity index is 1.91. The Morgan fingerprint density at radius 3 is 2.86 bits per heavy atom. The van der Waals surface area contributed by atoms with Gasteiger partial charge in [0.15, 0.2) is 0 Å². The van der Waals surface area contributed by atoms with Crippen molar-refractivity contribution in [2.24, 2.45) is 10.9 Å². The van der Waals surface area contributed by atoms with Crippen LogP contribution in [0.25, 0.3) is 0 Å². The number of hydrogen-bond donors (Lipinski definition) is 1. The molecule has 1 atom stereocenters. The Bertz CT molecular complexity index is 681. The van der Waals surface area contributed by atoms with E-state index in [1.54, 1.807) is 6.21 Å². The zero-order valence-corrected chi connectivity index (χ0v) is 12.4. The lowest BCUT2D eigenvalue weighted by atomic mass is 9.84. The largest absolute Gasteiger partial charge is 0.481 e. The van der Waals surface area contributed by atoms with E-state index in [2.05, 4.69) is 35.4 Å². The van der Waals surface area contributed by atoms with E-state index in [0.29, 0.717) is 0 Å². The number of allylic oxidation sites excluding steroid dienone is 5. The number of hydrogen-bond acceptors (Lipinski definition) is 2. The second-order valence-electron chi connectivity index (χ2n) is 5.72. The van der Waals surface area contributed by atoms with Crippen molar-refractivity contribution >= 4 is 12.2 Å². The Kier molecular flexibility index (Phi) is 4.33. The Morgan fingerprint density at radius 2 is 2.09 bits per heavy atom. The molecule has 1 heterocycles. The number of rotatable bonds is 4. The number of carboxylic acids is 1. The molecule has 1 unspecified atom stereocenters. The van der Waals surface area contributed by atoms with Crippen LogP contribution in [0.4, 0.5) is 0 Å². The van der Waals surface area contributed by atoms with Gasteiger partial charge in [0.1, 0.15) is 0 Å². The van der Waals surface area contributed by atoms with Gasteiger partial charge in [-0.15, -0.1) is 0 Å². The first-order chi connectivity index (χ1) is 10.7. The first kappa shape index (κ1) is 14.5. The summed E-state index contributed by atoms with van der Waals surface area (Å²) in [6, 6.07) is 10.3. The molecule has 3 heteroatoms. The lowest BCUT2D eigenvalue weighted by Crippen LogP contribution is -2.10. The molecule has 1 aliphatic heterocycles. The average molecular weight is 293 g/mol. The third kappa shape index (κ3) is 3.42. The summed E-state index contributed by atoms with van der Waals surface area (Å²) in [4.78, 5) is 15.4. The summed E-state index contributed by atoms with van der Waals surface area (Å²) < 4.78 is 0. The van der Waals surface area contributed by atoms with E-state index in [4.69, 9.17) is 5.11 Å². The predicted octanol–water partition coefficient (Wildman–Crippen LogP) is 3.59. The molecule has 0 radical (unpaired) electrons. The van der Waals surface area contributed by atoms with Crippen LogP contribution in [0, 0.1) is 5.92 Å². The number of carboxylic acid groups (broad SMARTS) is 1. The first-order valence-corrected chi connectivity index (χ1v) is 7.60. The van der Waals surface area contributed by atoms with Crippen LogP contribution in [-0.2, 0) is 11.2 Å². The highest BCUT2D eigenvalue weighted by Crippen LogP contribution is 2.31. The van der Waals surface area contributed by atoms with Gasteiger partial charge in [0.05, 0.1) is 6.42 Å². The van der Waals surface area contributed by atoms with Gasteiger partial charge in [-0.25, -0.2) is 0 Å². The molecule has 112 valence electrons. The second-order valence-corrected chi connectivity index (χ2v) is 5.72. The molecule has 0 spiro atoms. The summed E-state index contributed by atoms with van der Waals surface area (Å²) in [6.45, 7) is 0.753. The van der Waals surface area contributed by atoms with Gasteiger partial charge in [-0.05, 0) is 35.1 Å². The number of fused-ring (bicyclic) bond motifs is 1. The van der Waals surface area contributed by atoms with Gasteiger partial charge in [0, 0.05) is 18.7 Å². The molecule has 1 aromatic carbocycles. The minimum Gasteiger partial charge on any atom is -0.481 e. The molecule has 0 fully saturated rings. The maximum atomic E-state index is 11.1. The molecule has 3 rings (SSSR count). The van der Waals surface area contributed by atoms with Crippen LogP contribution in [0.15, 0.2) is 70.3 Å². The van der Waals surface area contributed by atoms with E-state index < -0.39 is 5.97 Å². The summed E-state index contributed by atoms with van der Waals surface area (Å²) >= 11 is 0. The monoisotopic (exact) mass is 293 g/mol. The minimum atomic E-state index is -0.804. The molecule has 0 bridgehead atoms. The van der Waals surface area contributed by atoms with E-state index in [0.717, 1.165) is 30.5 Å². The molecule has 0 saturated heterocycles. The van der Waals surface area contributed by atoms with Crippen LogP contribution in [0.5, 0.6) is 0 Å². The molecule has 22 heavy (non-hydrogen) atoms. The average Bonchev–Trinajstić information content (AvgIpc) is 2.70. The molecule has 0 aromatic heterocycles. The van der Waals surface area contributed by atoms with Gasteiger partial charge in [0.2, 0.25) is 0 Å². The summed E-state index contributed by atoms with van der Waals surface area (Å²) in [7, 11) is 0. The highest BCUT2D eigenvalue weighted by Gasteiger charge is 2.20. The molecular weight excluding hydrogens is 274 g/mol. The molecule has 2 aliphatic rings. The molecule has 1 N–H and O–H groups in total. The summed E-state index contributed by atoms with van der Waals surface area (Å²) in [6.07, 6.45) is 10.1. The van der Waals surface area contributed by atoms with Crippen molar-refractivity contribution in [3.05, 3.63) is 70.8 Å². The number of benzene rings is 1. The van der Waals surface area contributed by atoms with Crippen LogP contribution >= 0.6 is 0 Å². The fourth-order valence-electron chi connectivity index (χ4n) is 3.00. The second kappa shape index (κ2) is 6.56. The SMILES string of the molecule is O=C(O)CC1=C2C=C(Cc3ccccc3)C=CC2CCN=C1. The normalized spacial score (nSPS) is 20.4. The third-order valence-electron chi connectivity index (χ3n) is 4.06. The number of nitrogens with zero attached hydrogens (tertiary/aromatic N) is 1. The zero-order chi connectivity index (χ0) is 15.4. The smallest absolute Gasteiger partial charge is 0.307 e. The lowest BCUT2D eigenvalue weighted by Gasteiger charge is -2.20. The molecular formula is C19H19NO2. The van der Waals surface area contributed by atoms with Crippen LogP contribution in [0.1, 0.15) is 18.4 Å². The fourth-order valence-corrected chi connectivity index (χ4v) is 3.00. The van der Waals surface area contributed by atoms with Crippen LogP contribution < -0.4 is 0 Å². The van der Waals surface area contributed by atoms with Crippen molar-refractivity contribution < 1.29 is 9.90 Å². The van der Waals surface area contributed by atoms with Crippen LogP contribution in [-0.4, -0.2) is 23.8 Å². The van der Waals surface area contributed by atoms with Gasteiger partial charge >= 0.3 is 5.97 Å². The predicted molar refractivity (Wildman–Crippen MR) is 88.1 cm³/mol. The fraction of sp³-hybridized carbons (Fsp3) is 0.263. The highest BCUT2D eigenvalue weighted by molar-refractivity contribution is 5.88.